The first-order valence-corrected chi connectivity index (χ1v) is 8.39. The highest BCUT2D eigenvalue weighted by Crippen LogP contribution is 2.25. The summed E-state index contributed by atoms with van der Waals surface area (Å²) in [4.78, 5) is 16.4. The third-order valence-corrected chi connectivity index (χ3v) is 4.58. The monoisotopic (exact) mass is 317 g/mol. The van der Waals surface area contributed by atoms with Crippen molar-refractivity contribution in [3.63, 3.8) is 0 Å². The zero-order valence-corrected chi connectivity index (χ0v) is 13.3. The van der Waals surface area contributed by atoms with Gasteiger partial charge in [0, 0.05) is 12.2 Å². The van der Waals surface area contributed by atoms with Crippen molar-refractivity contribution < 1.29 is 4.79 Å². The molecule has 2 N–H and O–H groups in total. The van der Waals surface area contributed by atoms with E-state index >= 15 is 0 Å². The highest BCUT2D eigenvalue weighted by molar-refractivity contribution is 7.13. The van der Waals surface area contributed by atoms with E-state index in [1.165, 1.54) is 37.0 Å². The van der Waals surface area contributed by atoms with Crippen molar-refractivity contribution in [1.82, 2.24) is 15.2 Å². The number of aromatic nitrogens is 3. The first kappa shape index (κ1) is 14.9. The topological polar surface area (TPSA) is 79.8 Å². The van der Waals surface area contributed by atoms with Gasteiger partial charge in [-0.1, -0.05) is 18.3 Å². The van der Waals surface area contributed by atoms with E-state index in [4.69, 9.17) is 0 Å². The van der Waals surface area contributed by atoms with Crippen molar-refractivity contribution in [3.8, 4) is 0 Å². The number of hydrogen-bond acceptors (Lipinski definition) is 6. The van der Waals surface area contributed by atoms with E-state index in [1.807, 2.05) is 6.07 Å². The van der Waals surface area contributed by atoms with Crippen molar-refractivity contribution in [2.24, 2.45) is 5.92 Å². The second kappa shape index (κ2) is 6.83. The Hall–Kier alpha value is -2.02. The van der Waals surface area contributed by atoms with Crippen LogP contribution in [0.3, 0.4) is 0 Å². The molecule has 1 aliphatic rings. The summed E-state index contributed by atoms with van der Waals surface area (Å²) < 4.78 is 0. The molecule has 2 heterocycles. The Labute approximate surface area is 133 Å². The molecule has 1 fully saturated rings. The minimum Gasteiger partial charge on any atom is -0.367 e. The molecule has 116 valence electrons. The maximum absolute atomic E-state index is 12.0. The molecule has 0 atom stereocenters. The molecule has 7 heteroatoms. The molecule has 0 radical (unpaired) electrons. The van der Waals surface area contributed by atoms with E-state index in [9.17, 15) is 4.79 Å². The number of anilines is 2. The van der Waals surface area contributed by atoms with Gasteiger partial charge in [0.25, 0.3) is 5.91 Å². The van der Waals surface area contributed by atoms with Gasteiger partial charge in [-0.15, -0.1) is 10.2 Å². The minimum absolute atomic E-state index is 0.220. The summed E-state index contributed by atoms with van der Waals surface area (Å²) in [5, 5.41) is 14.1. The van der Waals surface area contributed by atoms with Crippen LogP contribution in [-0.2, 0) is 0 Å². The van der Waals surface area contributed by atoms with Crippen LogP contribution in [0.15, 0.2) is 23.8 Å². The summed E-state index contributed by atoms with van der Waals surface area (Å²) in [6.07, 6.45) is 6.48. The zero-order chi connectivity index (χ0) is 15.4. The standard InChI is InChI=1S/C15H19N5OS/c1-10-2-5-12(6-3-10)18-13-7-4-11(8-16-13)14(21)19-15-20-17-9-22-15/h4,7-10,12H,2-3,5-6H2,1H3,(H,16,18)(H,19,20,21). The maximum atomic E-state index is 12.0. The fraction of sp³-hybridized carbons (Fsp3) is 0.467. The summed E-state index contributed by atoms with van der Waals surface area (Å²) in [5.41, 5.74) is 2.09. The molecule has 2 aromatic heterocycles. The molecule has 0 aromatic carbocycles. The Morgan fingerprint density at radius 3 is 2.73 bits per heavy atom. The molecule has 1 amide bonds. The molecule has 6 nitrogen and oxygen atoms in total. The molecule has 22 heavy (non-hydrogen) atoms. The van der Waals surface area contributed by atoms with Crippen LogP contribution in [-0.4, -0.2) is 27.1 Å². The lowest BCUT2D eigenvalue weighted by molar-refractivity contribution is 0.102. The normalized spacial score (nSPS) is 21.3. The van der Waals surface area contributed by atoms with Gasteiger partial charge in [0.1, 0.15) is 11.3 Å². The van der Waals surface area contributed by atoms with Crippen molar-refractivity contribution in [2.45, 2.75) is 38.6 Å². The van der Waals surface area contributed by atoms with Crippen LogP contribution in [0.25, 0.3) is 0 Å². The summed E-state index contributed by atoms with van der Waals surface area (Å²) >= 11 is 1.29. The predicted octanol–water partition coefficient (Wildman–Crippen LogP) is 3.18. The maximum Gasteiger partial charge on any atom is 0.259 e. The minimum atomic E-state index is -0.220. The Morgan fingerprint density at radius 1 is 1.27 bits per heavy atom. The smallest absolute Gasteiger partial charge is 0.259 e. The highest BCUT2D eigenvalue weighted by Gasteiger charge is 2.18. The predicted molar refractivity (Wildman–Crippen MR) is 87.1 cm³/mol. The van der Waals surface area contributed by atoms with Gasteiger partial charge in [-0.25, -0.2) is 4.98 Å². The number of amides is 1. The van der Waals surface area contributed by atoms with Gasteiger partial charge in [-0.3, -0.25) is 10.1 Å². The van der Waals surface area contributed by atoms with Crippen molar-refractivity contribution in [2.75, 3.05) is 10.6 Å². The summed E-state index contributed by atoms with van der Waals surface area (Å²) in [7, 11) is 0. The molecule has 0 bridgehead atoms. The first-order chi connectivity index (χ1) is 10.7. The van der Waals surface area contributed by atoms with E-state index < -0.39 is 0 Å². The quantitative estimate of drug-likeness (QED) is 0.905. The fourth-order valence-electron chi connectivity index (χ4n) is 2.62. The lowest BCUT2D eigenvalue weighted by atomic mass is 9.87. The van der Waals surface area contributed by atoms with Gasteiger partial charge < -0.3 is 5.32 Å². The molecule has 1 saturated carbocycles. The number of nitrogens with zero attached hydrogens (tertiary/aromatic N) is 3. The van der Waals surface area contributed by atoms with Gasteiger partial charge in [0.2, 0.25) is 5.13 Å². The fourth-order valence-corrected chi connectivity index (χ4v) is 3.06. The molecule has 2 aromatic rings. The van der Waals surface area contributed by atoms with Crippen LogP contribution in [0.4, 0.5) is 10.9 Å². The van der Waals surface area contributed by atoms with Gasteiger partial charge >= 0.3 is 0 Å². The number of hydrogen-bond donors (Lipinski definition) is 2. The number of carbonyl (C=O) groups is 1. The molecular formula is C15H19N5OS. The third kappa shape index (κ3) is 3.79. The second-order valence-corrected chi connectivity index (χ2v) is 6.56. The Balaban J connectivity index is 1.57. The van der Waals surface area contributed by atoms with Crippen LogP contribution in [0.2, 0.25) is 0 Å². The number of pyridine rings is 1. The molecule has 0 unspecified atom stereocenters. The van der Waals surface area contributed by atoms with Gasteiger partial charge in [0.05, 0.1) is 5.56 Å². The molecule has 1 aliphatic carbocycles. The summed E-state index contributed by atoms with van der Waals surface area (Å²) in [6.45, 7) is 2.31. The average molecular weight is 317 g/mol. The Bertz CT molecular complexity index is 605. The van der Waals surface area contributed by atoms with Crippen LogP contribution >= 0.6 is 11.3 Å². The molecule has 3 rings (SSSR count). The van der Waals surface area contributed by atoms with E-state index in [0.29, 0.717) is 16.7 Å². The SMILES string of the molecule is CC1CCC(Nc2ccc(C(=O)Nc3nncs3)cn2)CC1. The number of nitrogens with one attached hydrogen (secondary N) is 2. The van der Waals surface area contributed by atoms with E-state index in [2.05, 4.69) is 32.7 Å². The van der Waals surface area contributed by atoms with Gasteiger partial charge in [-0.2, -0.15) is 0 Å². The lowest BCUT2D eigenvalue weighted by Gasteiger charge is -2.27. The second-order valence-electron chi connectivity index (χ2n) is 5.73. The highest BCUT2D eigenvalue weighted by atomic mass is 32.1. The number of carbonyl (C=O) groups excluding carboxylic acids is 1. The number of rotatable bonds is 4. The summed E-state index contributed by atoms with van der Waals surface area (Å²) in [5.74, 6) is 1.44. The average Bonchev–Trinajstić information content (AvgIpc) is 3.03. The third-order valence-electron chi connectivity index (χ3n) is 3.97. The van der Waals surface area contributed by atoms with E-state index in [-0.39, 0.29) is 5.91 Å². The molecule has 0 aliphatic heterocycles. The van der Waals surface area contributed by atoms with Crippen molar-refractivity contribution in [1.29, 1.82) is 0 Å². The van der Waals surface area contributed by atoms with E-state index in [0.717, 1.165) is 11.7 Å². The molecule has 0 saturated heterocycles. The largest absolute Gasteiger partial charge is 0.367 e. The van der Waals surface area contributed by atoms with Crippen LogP contribution in [0.1, 0.15) is 43.0 Å². The zero-order valence-electron chi connectivity index (χ0n) is 12.5. The van der Waals surface area contributed by atoms with Crippen LogP contribution in [0.5, 0.6) is 0 Å². The van der Waals surface area contributed by atoms with Crippen LogP contribution < -0.4 is 10.6 Å². The molecular weight excluding hydrogens is 298 g/mol. The Kier molecular flexibility index (Phi) is 4.62. The van der Waals surface area contributed by atoms with Crippen molar-refractivity contribution in [3.05, 3.63) is 29.4 Å². The van der Waals surface area contributed by atoms with E-state index in [1.54, 1.807) is 17.8 Å². The lowest BCUT2D eigenvalue weighted by Crippen LogP contribution is -2.25. The summed E-state index contributed by atoms with van der Waals surface area (Å²) in [6, 6.07) is 4.12. The van der Waals surface area contributed by atoms with Gasteiger partial charge in [-0.05, 0) is 43.7 Å². The Morgan fingerprint density at radius 2 is 2.09 bits per heavy atom. The van der Waals surface area contributed by atoms with Gasteiger partial charge in [0.15, 0.2) is 0 Å². The first-order valence-electron chi connectivity index (χ1n) is 7.51. The van der Waals surface area contributed by atoms with Crippen molar-refractivity contribution >= 4 is 28.2 Å². The van der Waals surface area contributed by atoms with Crippen LogP contribution in [0, 0.1) is 5.92 Å². The molecule has 0 spiro atoms.